The smallest absolute Gasteiger partial charge is 0.261 e. The molecule has 0 atom stereocenters. The number of piperidine rings is 1. The fourth-order valence-corrected chi connectivity index (χ4v) is 5.28. The van der Waals surface area contributed by atoms with E-state index in [-0.39, 0.29) is 22.4 Å². The second kappa shape index (κ2) is 9.62. The molecule has 1 saturated heterocycles. The number of sulfonamides is 1. The Kier molecular flexibility index (Phi) is 6.66. The van der Waals surface area contributed by atoms with Gasteiger partial charge < -0.3 is 4.90 Å². The number of carbonyl (C=O) groups is 1. The fraction of sp³-hybridized carbons (Fsp3) is 0.348. The van der Waals surface area contributed by atoms with Gasteiger partial charge in [-0.1, -0.05) is 30.3 Å². The minimum absolute atomic E-state index is 0.0242. The van der Waals surface area contributed by atoms with Crippen LogP contribution in [0.5, 0.6) is 0 Å². The summed E-state index contributed by atoms with van der Waals surface area (Å²) in [5.74, 6) is 0.0242. The first-order chi connectivity index (χ1) is 15.4. The third-order valence-electron chi connectivity index (χ3n) is 5.74. The molecule has 1 N–H and O–H groups in total. The number of hydrogen-bond acceptors (Lipinski definition) is 5. The summed E-state index contributed by atoms with van der Waals surface area (Å²) < 4.78 is 29.2. The average molecular weight is 455 g/mol. The number of benzene rings is 2. The van der Waals surface area contributed by atoms with E-state index in [1.807, 2.05) is 12.1 Å². The minimum Gasteiger partial charge on any atom is -0.343 e. The standard InChI is InChI=1S/C23H26N4O4S/c28-22(11-6-14-27-17-24-21-10-5-4-9-20(21)23(27)29)26-15-12-18(13-16-26)25-32(30,31)19-7-2-1-3-8-19/h1-5,7-10,17-18,25H,6,11-16H2. The molecule has 0 unspecified atom stereocenters. The van der Waals surface area contributed by atoms with Crippen LogP contribution in [-0.2, 0) is 21.4 Å². The average Bonchev–Trinajstić information content (AvgIpc) is 2.81. The van der Waals surface area contributed by atoms with E-state index in [0.717, 1.165) is 0 Å². The third-order valence-corrected chi connectivity index (χ3v) is 7.28. The Labute approximate surface area is 186 Å². The molecule has 1 aromatic heterocycles. The maximum Gasteiger partial charge on any atom is 0.261 e. The molecule has 9 heteroatoms. The molecule has 8 nitrogen and oxygen atoms in total. The van der Waals surface area contributed by atoms with Gasteiger partial charge in [0.1, 0.15) is 0 Å². The normalized spacial score (nSPS) is 15.2. The fourth-order valence-electron chi connectivity index (χ4n) is 3.96. The van der Waals surface area contributed by atoms with Crippen LogP contribution in [0.25, 0.3) is 10.9 Å². The summed E-state index contributed by atoms with van der Waals surface area (Å²) in [6.07, 6.45) is 3.55. The zero-order chi connectivity index (χ0) is 22.6. The number of carbonyl (C=O) groups excluding carboxylic acids is 1. The largest absolute Gasteiger partial charge is 0.343 e. The van der Waals surface area contributed by atoms with Gasteiger partial charge in [0.15, 0.2) is 0 Å². The van der Waals surface area contributed by atoms with Crippen molar-refractivity contribution in [2.75, 3.05) is 13.1 Å². The molecule has 0 radical (unpaired) electrons. The van der Waals surface area contributed by atoms with Gasteiger partial charge in [-0.15, -0.1) is 0 Å². The molecule has 2 heterocycles. The lowest BCUT2D eigenvalue weighted by molar-refractivity contribution is -0.132. The van der Waals surface area contributed by atoms with Crippen molar-refractivity contribution in [2.24, 2.45) is 0 Å². The molecule has 3 aromatic rings. The first-order valence-corrected chi connectivity index (χ1v) is 12.2. The minimum atomic E-state index is -3.55. The van der Waals surface area contributed by atoms with Crippen LogP contribution in [0, 0.1) is 0 Å². The lowest BCUT2D eigenvalue weighted by Gasteiger charge is -2.32. The number of aryl methyl sites for hydroxylation is 1. The first kappa shape index (κ1) is 22.2. The first-order valence-electron chi connectivity index (χ1n) is 10.7. The van der Waals surface area contributed by atoms with Crippen molar-refractivity contribution in [3.63, 3.8) is 0 Å². The zero-order valence-corrected chi connectivity index (χ0v) is 18.5. The van der Waals surface area contributed by atoms with Gasteiger partial charge in [0, 0.05) is 32.1 Å². The number of para-hydroxylation sites is 1. The topological polar surface area (TPSA) is 101 Å². The molecular formula is C23H26N4O4S. The van der Waals surface area contributed by atoms with Gasteiger partial charge in [-0.2, -0.15) is 0 Å². The zero-order valence-electron chi connectivity index (χ0n) is 17.7. The van der Waals surface area contributed by atoms with Crippen LogP contribution in [0.4, 0.5) is 0 Å². The summed E-state index contributed by atoms with van der Waals surface area (Å²) in [4.78, 5) is 31.4. The monoisotopic (exact) mass is 454 g/mol. The molecule has 0 aliphatic carbocycles. The Balaban J connectivity index is 1.25. The number of amides is 1. The van der Waals surface area contributed by atoms with Crippen molar-refractivity contribution >= 4 is 26.8 Å². The van der Waals surface area contributed by atoms with Crippen molar-refractivity contribution in [2.45, 2.75) is 43.2 Å². The SMILES string of the molecule is O=C(CCCn1cnc2ccccc2c1=O)N1CCC(NS(=O)(=O)c2ccccc2)CC1. The Morgan fingerprint density at radius 1 is 1.03 bits per heavy atom. The number of nitrogens with zero attached hydrogens (tertiary/aromatic N) is 3. The van der Waals surface area contributed by atoms with Crippen LogP contribution >= 0.6 is 0 Å². The van der Waals surface area contributed by atoms with E-state index < -0.39 is 10.0 Å². The van der Waals surface area contributed by atoms with Gasteiger partial charge >= 0.3 is 0 Å². The van der Waals surface area contributed by atoms with E-state index in [0.29, 0.717) is 56.2 Å². The molecule has 1 aliphatic rings. The summed E-state index contributed by atoms with van der Waals surface area (Å²) in [5, 5.41) is 0.571. The molecule has 0 saturated carbocycles. The quantitative estimate of drug-likeness (QED) is 0.589. The van der Waals surface area contributed by atoms with E-state index in [2.05, 4.69) is 9.71 Å². The highest BCUT2D eigenvalue weighted by Crippen LogP contribution is 2.16. The number of fused-ring (bicyclic) bond motifs is 1. The molecular weight excluding hydrogens is 428 g/mol. The van der Waals surface area contributed by atoms with Crippen LogP contribution in [0.1, 0.15) is 25.7 Å². The van der Waals surface area contributed by atoms with Crippen molar-refractivity contribution in [1.82, 2.24) is 19.2 Å². The molecule has 0 spiro atoms. The van der Waals surface area contributed by atoms with E-state index in [1.165, 1.54) is 6.33 Å². The summed E-state index contributed by atoms with van der Waals surface area (Å²) >= 11 is 0. The number of hydrogen-bond donors (Lipinski definition) is 1. The molecule has 2 aromatic carbocycles. The Morgan fingerprint density at radius 2 is 1.72 bits per heavy atom. The highest BCUT2D eigenvalue weighted by atomic mass is 32.2. The number of aromatic nitrogens is 2. The van der Waals surface area contributed by atoms with Crippen LogP contribution in [0.3, 0.4) is 0 Å². The third kappa shape index (κ3) is 5.05. The van der Waals surface area contributed by atoms with Crippen LogP contribution in [0.15, 0.2) is 70.6 Å². The second-order valence-corrected chi connectivity index (χ2v) is 9.67. The highest BCUT2D eigenvalue weighted by Gasteiger charge is 2.26. The van der Waals surface area contributed by atoms with E-state index in [1.54, 1.807) is 51.9 Å². The maximum atomic E-state index is 12.6. The molecule has 1 fully saturated rings. The van der Waals surface area contributed by atoms with Gasteiger partial charge in [0.2, 0.25) is 15.9 Å². The van der Waals surface area contributed by atoms with Crippen LogP contribution < -0.4 is 10.3 Å². The Bertz CT molecular complexity index is 1250. The summed E-state index contributed by atoms with van der Waals surface area (Å²) in [6, 6.07) is 15.3. The summed E-state index contributed by atoms with van der Waals surface area (Å²) in [7, 11) is -3.55. The van der Waals surface area contributed by atoms with E-state index in [4.69, 9.17) is 0 Å². The van der Waals surface area contributed by atoms with E-state index >= 15 is 0 Å². The lowest BCUT2D eigenvalue weighted by Crippen LogP contribution is -2.46. The number of rotatable bonds is 7. The van der Waals surface area contributed by atoms with Crippen LogP contribution in [0.2, 0.25) is 0 Å². The van der Waals surface area contributed by atoms with E-state index in [9.17, 15) is 18.0 Å². The predicted molar refractivity (Wildman–Crippen MR) is 122 cm³/mol. The Hall–Kier alpha value is -3.04. The van der Waals surface area contributed by atoms with Crippen molar-refractivity contribution in [1.29, 1.82) is 0 Å². The van der Waals surface area contributed by atoms with Crippen molar-refractivity contribution in [3.8, 4) is 0 Å². The van der Waals surface area contributed by atoms with Crippen molar-refractivity contribution in [3.05, 3.63) is 71.3 Å². The second-order valence-electron chi connectivity index (χ2n) is 7.95. The lowest BCUT2D eigenvalue weighted by atomic mass is 10.1. The maximum absolute atomic E-state index is 12.6. The molecule has 1 aliphatic heterocycles. The number of nitrogens with one attached hydrogen (secondary N) is 1. The van der Waals surface area contributed by atoms with Crippen molar-refractivity contribution < 1.29 is 13.2 Å². The summed E-state index contributed by atoms with van der Waals surface area (Å²) in [6.45, 7) is 1.45. The molecule has 4 rings (SSSR count). The highest BCUT2D eigenvalue weighted by molar-refractivity contribution is 7.89. The van der Waals surface area contributed by atoms with Gasteiger partial charge in [-0.05, 0) is 43.5 Å². The Morgan fingerprint density at radius 3 is 2.47 bits per heavy atom. The van der Waals surface area contributed by atoms with Gasteiger partial charge in [0.25, 0.3) is 5.56 Å². The molecule has 168 valence electrons. The predicted octanol–water partition coefficient (Wildman–Crippen LogP) is 2.15. The van der Waals surface area contributed by atoms with Gasteiger partial charge in [-0.3, -0.25) is 14.2 Å². The molecule has 1 amide bonds. The number of likely N-dealkylation sites (tertiary alicyclic amines) is 1. The van der Waals surface area contributed by atoms with Crippen LogP contribution in [-0.4, -0.2) is 47.9 Å². The molecule has 0 bridgehead atoms. The van der Waals surface area contributed by atoms with Gasteiger partial charge in [0.05, 0.1) is 22.1 Å². The van der Waals surface area contributed by atoms with Gasteiger partial charge in [-0.25, -0.2) is 18.1 Å². The summed E-state index contributed by atoms with van der Waals surface area (Å²) in [5.41, 5.74) is 0.560. The molecule has 32 heavy (non-hydrogen) atoms.